The number of nitrogens with zero attached hydrogens (tertiary/aromatic N) is 2. The molecule has 0 radical (unpaired) electrons. The molecule has 1 amide bonds. The van der Waals surface area contributed by atoms with Gasteiger partial charge in [0.25, 0.3) is 0 Å². The first kappa shape index (κ1) is 18.9. The Balaban J connectivity index is 1.56. The Morgan fingerprint density at radius 1 is 1.42 bits per heavy atom. The summed E-state index contributed by atoms with van der Waals surface area (Å²) in [6.07, 6.45) is 2.37. The Labute approximate surface area is 157 Å². The minimum atomic E-state index is -0.307. The summed E-state index contributed by atoms with van der Waals surface area (Å²) < 4.78 is 21.5. The van der Waals surface area contributed by atoms with Gasteiger partial charge in [0.15, 0.2) is 5.16 Å². The lowest BCUT2D eigenvalue weighted by Crippen LogP contribution is -2.25. The van der Waals surface area contributed by atoms with Crippen LogP contribution < -0.4 is 5.32 Å². The number of imidazole rings is 1. The topological polar surface area (TPSA) is 56.2 Å². The van der Waals surface area contributed by atoms with Crippen LogP contribution in [0.4, 0.5) is 4.39 Å². The summed E-state index contributed by atoms with van der Waals surface area (Å²) in [6.45, 7) is 5.79. The van der Waals surface area contributed by atoms with Crippen LogP contribution in [0.2, 0.25) is 0 Å². The number of carbonyl (C=O) groups excluding carboxylic acids is 1. The molecule has 1 aliphatic rings. The third kappa shape index (κ3) is 4.65. The fourth-order valence-electron chi connectivity index (χ4n) is 2.96. The van der Waals surface area contributed by atoms with Gasteiger partial charge in [-0.25, -0.2) is 9.37 Å². The quantitative estimate of drug-likeness (QED) is 0.753. The van der Waals surface area contributed by atoms with Crippen molar-refractivity contribution in [3.05, 3.63) is 47.0 Å². The number of amides is 1. The summed E-state index contributed by atoms with van der Waals surface area (Å²) in [7, 11) is 0. The number of thioether (sulfide) groups is 1. The molecule has 1 atom stereocenters. The van der Waals surface area contributed by atoms with E-state index in [9.17, 15) is 9.18 Å². The van der Waals surface area contributed by atoms with Crippen molar-refractivity contribution in [2.24, 2.45) is 0 Å². The molecule has 1 saturated heterocycles. The van der Waals surface area contributed by atoms with Crippen LogP contribution in [-0.2, 0) is 22.6 Å². The Bertz CT molecular complexity index is 772. The first-order chi connectivity index (χ1) is 12.5. The van der Waals surface area contributed by atoms with E-state index >= 15 is 0 Å². The van der Waals surface area contributed by atoms with Gasteiger partial charge >= 0.3 is 0 Å². The Hall–Kier alpha value is -1.86. The fourth-order valence-corrected chi connectivity index (χ4v) is 3.89. The van der Waals surface area contributed by atoms with Gasteiger partial charge in [-0.3, -0.25) is 4.79 Å². The first-order valence-corrected chi connectivity index (χ1v) is 9.81. The molecular formula is C19H24FN3O2S. The predicted octanol–water partition coefficient (Wildman–Crippen LogP) is 3.23. The highest BCUT2D eigenvalue weighted by molar-refractivity contribution is 7.99. The van der Waals surface area contributed by atoms with Crippen molar-refractivity contribution in [2.45, 2.75) is 51.0 Å². The van der Waals surface area contributed by atoms with Gasteiger partial charge in [-0.15, -0.1) is 0 Å². The summed E-state index contributed by atoms with van der Waals surface area (Å²) in [5.74, 6) is -0.199. The first-order valence-electron chi connectivity index (χ1n) is 8.83. The van der Waals surface area contributed by atoms with Crippen molar-refractivity contribution in [1.29, 1.82) is 0 Å². The molecule has 0 spiro atoms. The van der Waals surface area contributed by atoms with E-state index in [1.165, 1.54) is 17.8 Å². The number of nitrogens with one attached hydrogen (secondary N) is 1. The van der Waals surface area contributed by atoms with E-state index in [0.29, 0.717) is 5.56 Å². The second-order valence-electron chi connectivity index (χ2n) is 6.47. The zero-order valence-corrected chi connectivity index (χ0v) is 15.9. The number of aryl methyl sites for hydroxylation is 1. The second kappa shape index (κ2) is 8.68. The van der Waals surface area contributed by atoms with Gasteiger partial charge < -0.3 is 14.6 Å². The van der Waals surface area contributed by atoms with Gasteiger partial charge in [0.2, 0.25) is 5.91 Å². The monoisotopic (exact) mass is 377 g/mol. The van der Waals surface area contributed by atoms with Crippen molar-refractivity contribution >= 4 is 17.7 Å². The second-order valence-corrected chi connectivity index (χ2v) is 7.41. The number of hydrogen-bond acceptors (Lipinski definition) is 4. The maximum Gasteiger partial charge on any atom is 0.230 e. The number of aromatic nitrogens is 2. The zero-order valence-electron chi connectivity index (χ0n) is 15.1. The van der Waals surface area contributed by atoms with Crippen molar-refractivity contribution in [3.8, 4) is 0 Å². The molecule has 2 heterocycles. The van der Waals surface area contributed by atoms with Gasteiger partial charge in [0.05, 0.1) is 24.1 Å². The maximum absolute atomic E-state index is 13.6. The summed E-state index contributed by atoms with van der Waals surface area (Å²) >= 11 is 1.40. The normalized spacial score (nSPS) is 16.8. The van der Waals surface area contributed by atoms with E-state index in [4.69, 9.17) is 4.74 Å². The van der Waals surface area contributed by atoms with Crippen LogP contribution in [0.25, 0.3) is 0 Å². The molecule has 1 aliphatic heterocycles. The minimum absolute atomic E-state index is 0.139. The van der Waals surface area contributed by atoms with E-state index in [-0.39, 0.29) is 30.1 Å². The summed E-state index contributed by atoms with van der Waals surface area (Å²) in [6, 6.07) is 6.45. The molecule has 1 N–H and O–H groups in total. The molecule has 1 aromatic heterocycles. The van der Waals surface area contributed by atoms with Crippen LogP contribution in [0.3, 0.4) is 0 Å². The fraction of sp³-hybridized carbons (Fsp3) is 0.474. The molecule has 1 fully saturated rings. The number of halogens is 1. The minimum Gasteiger partial charge on any atom is -0.376 e. The lowest BCUT2D eigenvalue weighted by molar-refractivity contribution is -0.118. The standard InChI is InChI=1S/C19H24FN3O2S/c1-13-14(2)23(11-16-7-5-9-25-16)19(22-13)26-12-18(24)21-10-15-6-3-4-8-17(15)20/h3-4,6,8,16H,5,7,9-12H2,1-2H3,(H,21,24)/t16-/m1/s1. The lowest BCUT2D eigenvalue weighted by atomic mass is 10.2. The molecule has 0 bridgehead atoms. The van der Waals surface area contributed by atoms with Crippen LogP contribution in [0.15, 0.2) is 29.4 Å². The van der Waals surface area contributed by atoms with Crippen LogP contribution >= 0.6 is 11.8 Å². The third-order valence-corrected chi connectivity index (χ3v) is 5.58. The van der Waals surface area contributed by atoms with Crippen LogP contribution in [0.1, 0.15) is 29.8 Å². The molecule has 140 valence electrons. The average molecular weight is 377 g/mol. The Morgan fingerprint density at radius 3 is 2.96 bits per heavy atom. The zero-order chi connectivity index (χ0) is 18.5. The number of benzene rings is 1. The molecule has 7 heteroatoms. The number of rotatable bonds is 7. The number of ether oxygens (including phenoxy) is 1. The molecule has 5 nitrogen and oxygen atoms in total. The van der Waals surface area contributed by atoms with Crippen molar-refractivity contribution in [2.75, 3.05) is 12.4 Å². The molecule has 0 unspecified atom stereocenters. The highest BCUT2D eigenvalue weighted by Gasteiger charge is 2.20. The van der Waals surface area contributed by atoms with Crippen LogP contribution in [-0.4, -0.2) is 33.9 Å². The molecule has 0 aliphatic carbocycles. The Morgan fingerprint density at radius 2 is 2.23 bits per heavy atom. The van der Waals surface area contributed by atoms with Crippen LogP contribution in [0.5, 0.6) is 0 Å². The molecule has 0 saturated carbocycles. The summed E-state index contributed by atoms with van der Waals surface area (Å²) in [5.41, 5.74) is 2.56. The van der Waals surface area contributed by atoms with Crippen molar-refractivity contribution < 1.29 is 13.9 Å². The number of hydrogen-bond donors (Lipinski definition) is 1. The highest BCUT2D eigenvalue weighted by Crippen LogP contribution is 2.24. The average Bonchev–Trinajstić information content (AvgIpc) is 3.23. The summed E-state index contributed by atoms with van der Waals surface area (Å²) in [4.78, 5) is 16.7. The van der Waals surface area contributed by atoms with Gasteiger partial charge in [-0.1, -0.05) is 30.0 Å². The van der Waals surface area contributed by atoms with Crippen LogP contribution in [0, 0.1) is 19.7 Å². The SMILES string of the molecule is Cc1nc(SCC(=O)NCc2ccccc2F)n(C[C@H]2CCCO2)c1C. The van der Waals surface area contributed by atoms with Gasteiger partial charge in [-0.2, -0.15) is 0 Å². The van der Waals surface area contributed by atoms with E-state index in [2.05, 4.69) is 14.9 Å². The lowest BCUT2D eigenvalue weighted by Gasteiger charge is -2.14. The summed E-state index contributed by atoms with van der Waals surface area (Å²) in [5, 5.41) is 3.59. The largest absolute Gasteiger partial charge is 0.376 e. The maximum atomic E-state index is 13.6. The van der Waals surface area contributed by atoms with E-state index < -0.39 is 0 Å². The molecular weight excluding hydrogens is 353 g/mol. The molecule has 2 aromatic rings. The molecule has 1 aromatic carbocycles. The highest BCUT2D eigenvalue weighted by atomic mass is 32.2. The van der Waals surface area contributed by atoms with Gasteiger partial charge in [-0.05, 0) is 32.8 Å². The van der Waals surface area contributed by atoms with Gasteiger partial charge in [0, 0.05) is 24.4 Å². The number of carbonyl (C=O) groups is 1. The van der Waals surface area contributed by atoms with E-state index in [1.54, 1.807) is 18.2 Å². The molecule has 26 heavy (non-hydrogen) atoms. The van der Waals surface area contributed by atoms with E-state index in [1.807, 2.05) is 13.8 Å². The molecule has 3 rings (SSSR count). The predicted molar refractivity (Wildman–Crippen MR) is 99.6 cm³/mol. The Kier molecular flexibility index (Phi) is 6.32. The van der Waals surface area contributed by atoms with Crippen molar-refractivity contribution in [1.82, 2.24) is 14.9 Å². The van der Waals surface area contributed by atoms with Crippen molar-refractivity contribution in [3.63, 3.8) is 0 Å². The third-order valence-electron chi connectivity index (χ3n) is 4.60. The van der Waals surface area contributed by atoms with E-state index in [0.717, 1.165) is 42.5 Å². The smallest absolute Gasteiger partial charge is 0.230 e. The van der Waals surface area contributed by atoms with Gasteiger partial charge in [0.1, 0.15) is 5.82 Å².